The van der Waals surface area contributed by atoms with Gasteiger partial charge in [0.15, 0.2) is 0 Å². The number of carbonyl (C=O) groups is 2. The summed E-state index contributed by atoms with van der Waals surface area (Å²) >= 11 is 3.47. The molecule has 5 heteroatoms. The van der Waals surface area contributed by atoms with Crippen LogP contribution in [0.25, 0.3) is 0 Å². The van der Waals surface area contributed by atoms with E-state index in [4.69, 9.17) is 0 Å². The van der Waals surface area contributed by atoms with Gasteiger partial charge in [0, 0.05) is 4.47 Å². The first kappa shape index (κ1) is 16.0. The van der Waals surface area contributed by atoms with Gasteiger partial charge in [0.25, 0.3) is 0 Å². The van der Waals surface area contributed by atoms with Gasteiger partial charge in [-0.05, 0) is 37.3 Å². The van der Waals surface area contributed by atoms with E-state index >= 15 is 0 Å². The van der Waals surface area contributed by atoms with Gasteiger partial charge in [-0.3, -0.25) is 9.59 Å². The molecule has 2 N–H and O–H groups in total. The van der Waals surface area contributed by atoms with E-state index in [2.05, 4.69) is 21.2 Å². The van der Waals surface area contributed by atoms with Gasteiger partial charge >= 0.3 is 5.97 Å². The Labute approximate surface area is 133 Å². The van der Waals surface area contributed by atoms with Crippen molar-refractivity contribution in [3.8, 4) is 0 Å². The molecule has 0 spiro atoms. The zero-order valence-corrected chi connectivity index (χ0v) is 13.8. The molecule has 1 saturated carbocycles. The molecule has 0 radical (unpaired) electrons. The number of hydrogen-bond donors (Lipinski definition) is 2. The van der Waals surface area contributed by atoms with Crippen molar-refractivity contribution in [3.63, 3.8) is 0 Å². The normalized spacial score (nSPS) is 26.3. The van der Waals surface area contributed by atoms with E-state index in [1.807, 2.05) is 38.1 Å². The van der Waals surface area contributed by atoms with Crippen LogP contribution in [-0.4, -0.2) is 17.0 Å². The number of nitrogens with one attached hydrogen (secondary N) is 1. The average Bonchev–Trinajstić information content (AvgIpc) is 2.81. The Morgan fingerprint density at radius 3 is 2.52 bits per heavy atom. The van der Waals surface area contributed by atoms with Crippen molar-refractivity contribution in [2.24, 2.45) is 17.8 Å². The van der Waals surface area contributed by atoms with Gasteiger partial charge in [-0.15, -0.1) is 0 Å². The van der Waals surface area contributed by atoms with Crippen LogP contribution >= 0.6 is 15.9 Å². The highest BCUT2D eigenvalue weighted by molar-refractivity contribution is 9.10. The van der Waals surface area contributed by atoms with Gasteiger partial charge in [0.1, 0.15) is 0 Å². The van der Waals surface area contributed by atoms with E-state index in [0.29, 0.717) is 12.8 Å². The van der Waals surface area contributed by atoms with Crippen molar-refractivity contribution in [3.05, 3.63) is 34.3 Å². The molecule has 0 aromatic heterocycles. The smallest absolute Gasteiger partial charge is 0.307 e. The molecule has 1 aromatic carbocycles. The minimum Gasteiger partial charge on any atom is -0.481 e. The Kier molecular flexibility index (Phi) is 5.04. The Bertz CT molecular complexity index is 546. The highest BCUT2D eigenvalue weighted by Crippen LogP contribution is 2.37. The lowest BCUT2D eigenvalue weighted by Gasteiger charge is -2.20. The van der Waals surface area contributed by atoms with Crippen molar-refractivity contribution in [1.29, 1.82) is 0 Å². The van der Waals surface area contributed by atoms with Crippen LogP contribution in [0, 0.1) is 17.8 Å². The summed E-state index contributed by atoms with van der Waals surface area (Å²) in [6.07, 6.45) is 1.22. The SMILES string of the molecule is CC1C[C@H](C(=O)N[C@H](C)c2ccccc2Br)[C@H](C(=O)O)C1. The zero-order valence-electron chi connectivity index (χ0n) is 12.2. The predicted octanol–water partition coefficient (Wildman–Crippen LogP) is 3.37. The Balaban J connectivity index is 2.07. The summed E-state index contributed by atoms with van der Waals surface area (Å²) in [5, 5.41) is 12.2. The number of benzene rings is 1. The molecule has 1 aliphatic rings. The molecule has 1 amide bonds. The summed E-state index contributed by atoms with van der Waals surface area (Å²) in [6, 6.07) is 7.55. The third kappa shape index (κ3) is 3.64. The van der Waals surface area contributed by atoms with Gasteiger partial charge in [-0.2, -0.15) is 0 Å². The number of hydrogen-bond acceptors (Lipinski definition) is 2. The molecule has 0 saturated heterocycles. The number of amides is 1. The van der Waals surface area contributed by atoms with Gasteiger partial charge in [-0.25, -0.2) is 0 Å². The first-order valence-electron chi connectivity index (χ1n) is 7.17. The van der Waals surface area contributed by atoms with E-state index < -0.39 is 17.8 Å². The van der Waals surface area contributed by atoms with Crippen LogP contribution < -0.4 is 5.32 Å². The molecule has 0 aliphatic heterocycles. The summed E-state index contributed by atoms with van der Waals surface area (Å²) in [7, 11) is 0. The van der Waals surface area contributed by atoms with Gasteiger partial charge in [0.05, 0.1) is 17.9 Å². The number of carbonyl (C=O) groups excluding carboxylic acids is 1. The van der Waals surface area contributed by atoms with Crippen LogP contribution in [0.3, 0.4) is 0 Å². The molecular weight excluding hydrogens is 334 g/mol. The standard InChI is InChI=1S/C16H20BrNO3/c1-9-7-12(13(8-9)16(20)21)15(19)18-10(2)11-5-3-4-6-14(11)17/h3-6,9-10,12-13H,7-8H2,1-2H3,(H,18,19)(H,20,21)/t9?,10-,12+,13-/m1/s1. The van der Waals surface area contributed by atoms with Gasteiger partial charge < -0.3 is 10.4 Å². The number of rotatable bonds is 4. The molecule has 21 heavy (non-hydrogen) atoms. The van der Waals surface area contributed by atoms with Gasteiger partial charge in [0.2, 0.25) is 5.91 Å². The Hall–Kier alpha value is -1.36. The van der Waals surface area contributed by atoms with Crippen molar-refractivity contribution in [2.45, 2.75) is 32.7 Å². The number of aliphatic carboxylic acids is 1. The van der Waals surface area contributed by atoms with E-state index in [9.17, 15) is 14.7 Å². The maximum atomic E-state index is 12.4. The van der Waals surface area contributed by atoms with Crippen LogP contribution in [-0.2, 0) is 9.59 Å². The van der Waals surface area contributed by atoms with Crippen LogP contribution in [0.4, 0.5) is 0 Å². The molecule has 1 aliphatic carbocycles. The second-order valence-corrected chi connectivity index (χ2v) is 6.73. The van der Waals surface area contributed by atoms with Crippen LogP contribution in [0.1, 0.15) is 38.3 Å². The minimum absolute atomic E-state index is 0.154. The quantitative estimate of drug-likeness (QED) is 0.871. The maximum absolute atomic E-state index is 12.4. The van der Waals surface area contributed by atoms with E-state index in [1.54, 1.807) is 0 Å². The lowest BCUT2D eigenvalue weighted by molar-refractivity contribution is -0.146. The second-order valence-electron chi connectivity index (χ2n) is 5.88. The summed E-state index contributed by atoms with van der Waals surface area (Å²) < 4.78 is 0.937. The lowest BCUT2D eigenvalue weighted by Crippen LogP contribution is -2.36. The zero-order chi connectivity index (χ0) is 15.6. The van der Waals surface area contributed by atoms with Crippen LogP contribution in [0.2, 0.25) is 0 Å². The molecular formula is C16H20BrNO3. The predicted molar refractivity (Wildman–Crippen MR) is 83.7 cm³/mol. The van der Waals surface area contributed by atoms with E-state index in [1.165, 1.54) is 0 Å². The summed E-state index contributed by atoms with van der Waals surface area (Å²) in [5.74, 6) is -1.74. The highest BCUT2D eigenvalue weighted by Gasteiger charge is 2.41. The van der Waals surface area contributed by atoms with Gasteiger partial charge in [-0.1, -0.05) is 41.1 Å². The third-order valence-electron chi connectivity index (χ3n) is 4.18. The number of carboxylic acids is 1. The first-order valence-corrected chi connectivity index (χ1v) is 7.97. The number of carboxylic acid groups (broad SMARTS) is 1. The van der Waals surface area contributed by atoms with Crippen molar-refractivity contribution in [1.82, 2.24) is 5.32 Å². The lowest BCUT2D eigenvalue weighted by atomic mass is 9.94. The highest BCUT2D eigenvalue weighted by atomic mass is 79.9. The molecule has 114 valence electrons. The summed E-state index contributed by atoms with van der Waals surface area (Å²) in [6.45, 7) is 3.91. The Morgan fingerprint density at radius 1 is 1.29 bits per heavy atom. The van der Waals surface area contributed by atoms with E-state index in [0.717, 1.165) is 10.0 Å². The van der Waals surface area contributed by atoms with Crippen LogP contribution in [0.15, 0.2) is 28.7 Å². The first-order chi connectivity index (χ1) is 9.90. The third-order valence-corrected chi connectivity index (χ3v) is 4.90. The number of halogens is 1. The van der Waals surface area contributed by atoms with Crippen LogP contribution in [0.5, 0.6) is 0 Å². The average molecular weight is 354 g/mol. The van der Waals surface area contributed by atoms with Crippen molar-refractivity contribution >= 4 is 27.8 Å². The topological polar surface area (TPSA) is 66.4 Å². The monoisotopic (exact) mass is 353 g/mol. The fourth-order valence-electron chi connectivity index (χ4n) is 3.08. The molecule has 0 heterocycles. The molecule has 1 fully saturated rings. The summed E-state index contributed by atoms with van der Waals surface area (Å²) in [4.78, 5) is 23.7. The fourth-order valence-corrected chi connectivity index (χ4v) is 3.71. The van der Waals surface area contributed by atoms with Crippen molar-refractivity contribution < 1.29 is 14.7 Å². The second kappa shape index (κ2) is 6.60. The summed E-state index contributed by atoms with van der Waals surface area (Å²) in [5.41, 5.74) is 0.990. The fraction of sp³-hybridized carbons (Fsp3) is 0.500. The Morgan fingerprint density at radius 2 is 1.90 bits per heavy atom. The molecule has 1 aromatic rings. The molecule has 4 nitrogen and oxygen atoms in total. The largest absolute Gasteiger partial charge is 0.481 e. The van der Waals surface area contributed by atoms with E-state index in [-0.39, 0.29) is 17.9 Å². The molecule has 4 atom stereocenters. The molecule has 0 bridgehead atoms. The van der Waals surface area contributed by atoms with Crippen molar-refractivity contribution in [2.75, 3.05) is 0 Å². The molecule has 2 rings (SSSR count). The minimum atomic E-state index is -0.868. The molecule has 1 unspecified atom stereocenters. The maximum Gasteiger partial charge on any atom is 0.307 e.